The minimum Gasteiger partial charge on any atom is -0.344 e. The quantitative estimate of drug-likeness (QED) is 0.890. The minimum absolute atomic E-state index is 0.0467. The summed E-state index contributed by atoms with van der Waals surface area (Å²) in [4.78, 5) is 2.05. The first-order chi connectivity index (χ1) is 9.93. The zero-order valence-electron chi connectivity index (χ0n) is 13.4. The van der Waals surface area contributed by atoms with Crippen LogP contribution in [0.2, 0.25) is 0 Å². The van der Waals surface area contributed by atoms with E-state index >= 15 is 0 Å². The van der Waals surface area contributed by atoms with Gasteiger partial charge in [0, 0.05) is 30.0 Å². The molecule has 0 aliphatic carbocycles. The number of hydrogen-bond acceptors (Lipinski definition) is 2. The van der Waals surface area contributed by atoms with Gasteiger partial charge in [-0.1, -0.05) is 12.1 Å². The van der Waals surface area contributed by atoms with Gasteiger partial charge in [-0.05, 0) is 63.2 Å². The molecule has 2 nitrogen and oxygen atoms in total. The Morgan fingerprint density at radius 2 is 1.71 bits per heavy atom. The Labute approximate surface area is 126 Å². The van der Waals surface area contributed by atoms with E-state index in [1.54, 1.807) is 6.07 Å². The summed E-state index contributed by atoms with van der Waals surface area (Å²) in [7, 11) is 3.83. The van der Waals surface area contributed by atoms with Crippen LogP contribution in [0, 0.1) is 19.7 Å². The second kappa shape index (κ2) is 6.27. The number of hydrogen-bond donors (Lipinski definition) is 1. The Hall–Kier alpha value is -1.87. The van der Waals surface area contributed by atoms with E-state index in [1.165, 1.54) is 17.2 Å². The van der Waals surface area contributed by atoms with Crippen LogP contribution in [-0.4, -0.2) is 14.1 Å². The number of nitrogens with zero attached hydrogens (tertiary/aromatic N) is 1. The largest absolute Gasteiger partial charge is 0.344 e. The zero-order chi connectivity index (χ0) is 15.6. The molecule has 3 heteroatoms. The van der Waals surface area contributed by atoms with Gasteiger partial charge in [0.15, 0.2) is 0 Å². The Bertz CT molecular complexity index is 617. The van der Waals surface area contributed by atoms with Gasteiger partial charge in [0.1, 0.15) is 5.82 Å². The second-order valence-corrected chi connectivity index (χ2v) is 5.59. The maximum atomic E-state index is 14.3. The van der Waals surface area contributed by atoms with Crippen molar-refractivity contribution in [1.29, 1.82) is 0 Å². The van der Waals surface area contributed by atoms with Gasteiger partial charge in [0.05, 0.1) is 0 Å². The fourth-order valence-electron chi connectivity index (χ4n) is 2.67. The fourth-order valence-corrected chi connectivity index (χ4v) is 2.67. The molecular formula is C18H23FN2. The van der Waals surface area contributed by atoms with Crippen molar-refractivity contribution in [2.24, 2.45) is 0 Å². The second-order valence-electron chi connectivity index (χ2n) is 5.59. The summed E-state index contributed by atoms with van der Waals surface area (Å²) in [6.45, 7) is 6.12. The number of halogens is 1. The van der Waals surface area contributed by atoms with Crippen LogP contribution in [-0.2, 0) is 0 Å². The molecule has 112 valence electrons. The first-order valence-electron chi connectivity index (χ1n) is 7.21. The van der Waals surface area contributed by atoms with E-state index in [4.69, 9.17) is 0 Å². The highest BCUT2D eigenvalue weighted by Crippen LogP contribution is 2.33. The molecule has 0 saturated heterocycles. The molecule has 0 bridgehead atoms. The van der Waals surface area contributed by atoms with E-state index in [0.29, 0.717) is 5.56 Å². The smallest absolute Gasteiger partial charge is 0.130 e. The van der Waals surface area contributed by atoms with Crippen LogP contribution in [0.3, 0.4) is 0 Å². The summed E-state index contributed by atoms with van der Waals surface area (Å²) in [5.41, 5.74) is 5.07. The molecule has 0 aliphatic heterocycles. The molecule has 1 atom stereocenters. The van der Waals surface area contributed by atoms with Crippen molar-refractivity contribution in [2.75, 3.05) is 19.0 Å². The predicted octanol–water partition coefficient (Wildman–Crippen LogP) is 4.49. The van der Waals surface area contributed by atoms with E-state index in [0.717, 1.165) is 11.4 Å². The molecule has 2 rings (SSSR count). The number of rotatable bonds is 4. The van der Waals surface area contributed by atoms with Crippen molar-refractivity contribution in [3.63, 3.8) is 0 Å². The van der Waals surface area contributed by atoms with E-state index in [2.05, 4.69) is 37.4 Å². The van der Waals surface area contributed by atoms with Crippen molar-refractivity contribution in [1.82, 2.24) is 5.32 Å². The van der Waals surface area contributed by atoms with Gasteiger partial charge in [0.25, 0.3) is 0 Å². The molecule has 0 radical (unpaired) electrons. The maximum Gasteiger partial charge on any atom is 0.130 e. The fraction of sp³-hybridized carbons (Fsp3) is 0.333. The van der Waals surface area contributed by atoms with Crippen LogP contribution >= 0.6 is 0 Å². The van der Waals surface area contributed by atoms with Crippen LogP contribution in [0.15, 0.2) is 36.4 Å². The highest BCUT2D eigenvalue weighted by Gasteiger charge is 2.17. The average molecular weight is 286 g/mol. The van der Waals surface area contributed by atoms with Crippen LogP contribution in [0.5, 0.6) is 0 Å². The van der Waals surface area contributed by atoms with Gasteiger partial charge in [0.2, 0.25) is 0 Å². The Morgan fingerprint density at radius 3 is 2.29 bits per heavy atom. The third kappa shape index (κ3) is 3.24. The summed E-state index contributed by atoms with van der Waals surface area (Å²) >= 11 is 0. The van der Waals surface area contributed by atoms with E-state index in [9.17, 15) is 4.39 Å². The molecule has 0 spiro atoms. The topological polar surface area (TPSA) is 15.3 Å². The molecule has 1 unspecified atom stereocenters. The van der Waals surface area contributed by atoms with Crippen molar-refractivity contribution >= 4 is 11.4 Å². The highest BCUT2D eigenvalue weighted by atomic mass is 19.1. The average Bonchev–Trinajstić information content (AvgIpc) is 2.44. The van der Waals surface area contributed by atoms with Gasteiger partial charge in [-0.3, -0.25) is 0 Å². The van der Waals surface area contributed by atoms with E-state index in [1.807, 2.05) is 32.0 Å². The molecule has 2 aromatic carbocycles. The lowest BCUT2D eigenvalue weighted by Crippen LogP contribution is -2.19. The lowest BCUT2D eigenvalue weighted by atomic mass is 10.0. The van der Waals surface area contributed by atoms with Crippen molar-refractivity contribution < 1.29 is 4.39 Å². The van der Waals surface area contributed by atoms with Crippen molar-refractivity contribution in [3.05, 3.63) is 58.9 Å². The van der Waals surface area contributed by atoms with Gasteiger partial charge in [-0.2, -0.15) is 0 Å². The third-order valence-corrected chi connectivity index (χ3v) is 3.85. The molecule has 0 fully saturated rings. The predicted molar refractivity (Wildman–Crippen MR) is 87.9 cm³/mol. The van der Waals surface area contributed by atoms with Crippen molar-refractivity contribution in [3.8, 4) is 0 Å². The monoisotopic (exact) mass is 286 g/mol. The van der Waals surface area contributed by atoms with Crippen LogP contribution < -0.4 is 10.2 Å². The summed E-state index contributed by atoms with van der Waals surface area (Å²) in [6.07, 6.45) is 0. The van der Waals surface area contributed by atoms with Crippen LogP contribution in [0.25, 0.3) is 0 Å². The molecule has 0 aliphatic rings. The molecule has 0 amide bonds. The lowest BCUT2D eigenvalue weighted by Gasteiger charge is -2.26. The molecule has 2 aromatic rings. The molecule has 21 heavy (non-hydrogen) atoms. The Morgan fingerprint density at radius 1 is 1.10 bits per heavy atom. The SMILES string of the molecule is CNC(C)c1c(F)cccc1N(C)c1cc(C)cc(C)c1. The first-order valence-corrected chi connectivity index (χ1v) is 7.21. The minimum atomic E-state index is -0.175. The third-order valence-electron chi connectivity index (χ3n) is 3.85. The number of nitrogens with one attached hydrogen (secondary N) is 1. The lowest BCUT2D eigenvalue weighted by molar-refractivity contribution is 0.562. The zero-order valence-corrected chi connectivity index (χ0v) is 13.4. The van der Waals surface area contributed by atoms with Crippen molar-refractivity contribution in [2.45, 2.75) is 26.8 Å². The summed E-state index contributed by atoms with van der Waals surface area (Å²) in [5, 5.41) is 3.12. The standard InChI is InChI=1S/C18H23FN2/c1-12-9-13(2)11-15(10-12)21(5)17-8-6-7-16(19)18(17)14(3)20-4/h6-11,14,20H,1-5H3. The molecular weight excluding hydrogens is 263 g/mol. The summed E-state index contributed by atoms with van der Waals surface area (Å²) in [5.74, 6) is -0.175. The van der Waals surface area contributed by atoms with E-state index < -0.39 is 0 Å². The van der Waals surface area contributed by atoms with Gasteiger partial charge in [-0.15, -0.1) is 0 Å². The number of benzene rings is 2. The molecule has 0 aromatic heterocycles. The number of anilines is 2. The highest BCUT2D eigenvalue weighted by molar-refractivity contribution is 5.67. The Kier molecular flexibility index (Phi) is 4.63. The van der Waals surface area contributed by atoms with Crippen LogP contribution in [0.4, 0.5) is 15.8 Å². The van der Waals surface area contributed by atoms with Gasteiger partial charge >= 0.3 is 0 Å². The summed E-state index contributed by atoms with van der Waals surface area (Å²) < 4.78 is 14.3. The van der Waals surface area contributed by atoms with Gasteiger partial charge in [-0.25, -0.2) is 4.39 Å². The van der Waals surface area contributed by atoms with E-state index in [-0.39, 0.29) is 11.9 Å². The Balaban J connectivity index is 2.52. The molecule has 0 saturated carbocycles. The number of aryl methyl sites for hydroxylation is 2. The summed E-state index contributed by atoms with van der Waals surface area (Å²) in [6, 6.07) is 11.6. The van der Waals surface area contributed by atoms with Gasteiger partial charge < -0.3 is 10.2 Å². The maximum absolute atomic E-state index is 14.3. The first kappa shape index (κ1) is 15.5. The van der Waals surface area contributed by atoms with Crippen LogP contribution in [0.1, 0.15) is 29.7 Å². The molecule has 0 heterocycles. The normalized spacial score (nSPS) is 12.3. The molecule has 1 N–H and O–H groups in total.